The van der Waals surface area contributed by atoms with Crippen LogP contribution in [0.3, 0.4) is 0 Å². The van der Waals surface area contributed by atoms with Crippen LogP contribution in [0.5, 0.6) is 0 Å². The highest BCUT2D eigenvalue weighted by atomic mass is 16.1. The molecule has 3 aromatic rings. The van der Waals surface area contributed by atoms with Gasteiger partial charge in [0.25, 0.3) is 0 Å². The summed E-state index contributed by atoms with van der Waals surface area (Å²) < 4.78 is 2.04. The fourth-order valence-corrected chi connectivity index (χ4v) is 2.44. The van der Waals surface area contributed by atoms with Crippen molar-refractivity contribution in [3.05, 3.63) is 71.4 Å². The van der Waals surface area contributed by atoms with Crippen molar-refractivity contribution >= 4 is 17.2 Å². The first-order chi connectivity index (χ1) is 9.81. The zero-order valence-corrected chi connectivity index (χ0v) is 10.8. The van der Waals surface area contributed by atoms with Gasteiger partial charge in [-0.2, -0.15) is 5.26 Å². The first-order valence-electron chi connectivity index (χ1n) is 6.34. The average molecular weight is 260 g/mol. The van der Waals surface area contributed by atoms with Crippen molar-refractivity contribution in [1.82, 2.24) is 4.57 Å². The van der Waals surface area contributed by atoms with E-state index in [1.807, 2.05) is 53.2 Å². The molecule has 96 valence electrons. The van der Waals surface area contributed by atoms with Gasteiger partial charge in [0.05, 0.1) is 11.6 Å². The number of carbonyl (C=O) groups excluding carboxylic acids is 1. The van der Waals surface area contributed by atoms with Crippen LogP contribution in [0.25, 0.3) is 10.9 Å². The zero-order valence-electron chi connectivity index (χ0n) is 10.8. The number of aromatic nitrogens is 1. The van der Waals surface area contributed by atoms with Crippen molar-refractivity contribution < 1.29 is 4.79 Å². The smallest absolute Gasteiger partial charge is 0.152 e. The highest BCUT2D eigenvalue weighted by Gasteiger charge is 2.07. The molecule has 0 spiro atoms. The topological polar surface area (TPSA) is 45.8 Å². The van der Waals surface area contributed by atoms with Crippen molar-refractivity contribution in [2.45, 2.75) is 6.54 Å². The maximum atomic E-state index is 11.1. The lowest BCUT2D eigenvalue weighted by Crippen LogP contribution is -1.98. The molecule has 3 nitrogen and oxygen atoms in total. The SMILES string of the molecule is N#Cc1cccc(Cn2cc(C=O)c3ccccc32)c1. The summed E-state index contributed by atoms with van der Waals surface area (Å²) in [6.45, 7) is 0.643. The molecule has 0 aliphatic rings. The molecule has 0 bridgehead atoms. The van der Waals surface area contributed by atoms with Crippen molar-refractivity contribution in [3.8, 4) is 6.07 Å². The Hall–Kier alpha value is -2.86. The molecule has 0 saturated heterocycles. The van der Waals surface area contributed by atoms with E-state index in [0.717, 1.165) is 22.8 Å². The van der Waals surface area contributed by atoms with Gasteiger partial charge in [-0.3, -0.25) is 4.79 Å². The average Bonchev–Trinajstić information content (AvgIpc) is 2.86. The lowest BCUT2D eigenvalue weighted by molar-refractivity contribution is 0.112. The van der Waals surface area contributed by atoms with E-state index in [0.29, 0.717) is 17.7 Å². The molecule has 0 saturated carbocycles. The minimum atomic E-state index is 0.643. The Morgan fingerprint density at radius 3 is 2.80 bits per heavy atom. The Morgan fingerprint density at radius 2 is 2.00 bits per heavy atom. The number of fused-ring (bicyclic) bond motifs is 1. The normalized spacial score (nSPS) is 10.3. The van der Waals surface area contributed by atoms with Gasteiger partial charge in [0, 0.05) is 29.2 Å². The van der Waals surface area contributed by atoms with E-state index in [-0.39, 0.29) is 0 Å². The molecule has 1 aromatic heterocycles. The fraction of sp³-hybridized carbons (Fsp3) is 0.0588. The van der Waals surface area contributed by atoms with Crippen molar-refractivity contribution in [3.63, 3.8) is 0 Å². The lowest BCUT2D eigenvalue weighted by atomic mass is 10.1. The maximum absolute atomic E-state index is 11.1. The number of benzene rings is 2. The van der Waals surface area contributed by atoms with Crippen molar-refractivity contribution in [2.24, 2.45) is 0 Å². The van der Waals surface area contributed by atoms with Gasteiger partial charge in [0.1, 0.15) is 0 Å². The molecule has 1 heterocycles. The number of rotatable bonds is 3. The molecule has 3 heteroatoms. The summed E-state index contributed by atoms with van der Waals surface area (Å²) in [7, 11) is 0. The second kappa shape index (κ2) is 5.02. The predicted molar refractivity (Wildman–Crippen MR) is 77.6 cm³/mol. The molecule has 0 atom stereocenters. The molecule has 3 rings (SSSR count). The molecule has 20 heavy (non-hydrogen) atoms. The van der Waals surface area contributed by atoms with E-state index >= 15 is 0 Å². The van der Waals surface area contributed by atoms with Crippen LogP contribution in [0.2, 0.25) is 0 Å². The van der Waals surface area contributed by atoms with E-state index in [2.05, 4.69) is 6.07 Å². The van der Waals surface area contributed by atoms with Crippen molar-refractivity contribution in [2.75, 3.05) is 0 Å². The summed E-state index contributed by atoms with van der Waals surface area (Å²) in [5.41, 5.74) is 3.41. The van der Waals surface area contributed by atoms with Crippen LogP contribution in [0.4, 0.5) is 0 Å². The standard InChI is InChI=1S/C17H12N2O/c18-9-13-4-3-5-14(8-13)10-19-11-15(12-20)16-6-1-2-7-17(16)19/h1-8,11-12H,10H2. The third-order valence-electron chi connectivity index (χ3n) is 3.36. The second-order valence-electron chi connectivity index (χ2n) is 4.66. The van der Waals surface area contributed by atoms with E-state index in [4.69, 9.17) is 5.26 Å². The highest BCUT2D eigenvalue weighted by Crippen LogP contribution is 2.21. The molecule has 0 unspecified atom stereocenters. The molecule has 2 aromatic carbocycles. The Bertz CT molecular complexity index is 824. The van der Waals surface area contributed by atoms with Crippen LogP contribution in [0.1, 0.15) is 21.5 Å². The monoisotopic (exact) mass is 260 g/mol. The molecule has 0 radical (unpaired) electrons. The van der Waals surface area contributed by atoms with Crippen LogP contribution >= 0.6 is 0 Å². The molecular formula is C17H12N2O. The fourth-order valence-electron chi connectivity index (χ4n) is 2.44. The van der Waals surface area contributed by atoms with Crippen LogP contribution < -0.4 is 0 Å². The van der Waals surface area contributed by atoms with Gasteiger partial charge in [-0.25, -0.2) is 0 Å². The minimum Gasteiger partial charge on any atom is -0.342 e. The van der Waals surface area contributed by atoms with Crippen LogP contribution in [-0.2, 0) is 6.54 Å². The first-order valence-corrected chi connectivity index (χ1v) is 6.34. The van der Waals surface area contributed by atoms with Gasteiger partial charge in [0.15, 0.2) is 6.29 Å². The van der Waals surface area contributed by atoms with Gasteiger partial charge < -0.3 is 4.57 Å². The summed E-state index contributed by atoms with van der Waals surface area (Å²) in [4.78, 5) is 11.1. The summed E-state index contributed by atoms with van der Waals surface area (Å²) in [6, 6.07) is 17.5. The second-order valence-corrected chi connectivity index (χ2v) is 4.66. The summed E-state index contributed by atoms with van der Waals surface area (Å²) in [6.07, 6.45) is 2.74. The van der Waals surface area contributed by atoms with Crippen molar-refractivity contribution in [1.29, 1.82) is 5.26 Å². The van der Waals surface area contributed by atoms with Crippen LogP contribution in [0.15, 0.2) is 54.7 Å². The minimum absolute atomic E-state index is 0.643. The van der Waals surface area contributed by atoms with Gasteiger partial charge in [0.2, 0.25) is 0 Å². The number of carbonyl (C=O) groups is 1. The molecule has 0 aliphatic heterocycles. The lowest BCUT2D eigenvalue weighted by Gasteiger charge is -2.05. The van der Waals surface area contributed by atoms with E-state index in [1.165, 1.54) is 0 Å². The third-order valence-corrected chi connectivity index (χ3v) is 3.36. The van der Waals surface area contributed by atoms with E-state index in [1.54, 1.807) is 6.07 Å². The predicted octanol–water partition coefficient (Wildman–Crippen LogP) is 3.37. The molecule has 0 fully saturated rings. The summed E-state index contributed by atoms with van der Waals surface area (Å²) in [5.74, 6) is 0. The van der Waals surface area contributed by atoms with E-state index in [9.17, 15) is 4.79 Å². The molecule has 0 amide bonds. The Morgan fingerprint density at radius 1 is 1.15 bits per heavy atom. The van der Waals surface area contributed by atoms with E-state index < -0.39 is 0 Å². The Balaban J connectivity index is 2.06. The van der Waals surface area contributed by atoms with Gasteiger partial charge in [-0.15, -0.1) is 0 Å². The number of para-hydroxylation sites is 1. The number of hydrogen-bond acceptors (Lipinski definition) is 2. The quantitative estimate of drug-likeness (QED) is 0.678. The van der Waals surface area contributed by atoms with Gasteiger partial charge in [-0.1, -0.05) is 30.3 Å². The summed E-state index contributed by atoms with van der Waals surface area (Å²) in [5, 5.41) is 9.90. The van der Waals surface area contributed by atoms with Crippen LogP contribution in [-0.4, -0.2) is 10.9 Å². The van der Waals surface area contributed by atoms with Gasteiger partial charge in [-0.05, 0) is 23.8 Å². The molecule has 0 aliphatic carbocycles. The summed E-state index contributed by atoms with van der Waals surface area (Å²) >= 11 is 0. The number of hydrogen-bond donors (Lipinski definition) is 0. The number of nitriles is 1. The first kappa shape index (κ1) is 12.2. The third kappa shape index (κ3) is 2.08. The highest BCUT2D eigenvalue weighted by molar-refractivity contribution is 5.97. The van der Waals surface area contributed by atoms with Gasteiger partial charge >= 0.3 is 0 Å². The molecule has 0 N–H and O–H groups in total. The zero-order chi connectivity index (χ0) is 13.9. The Kier molecular flexibility index (Phi) is 3.06. The maximum Gasteiger partial charge on any atom is 0.152 e. The number of nitrogens with zero attached hydrogens (tertiary/aromatic N) is 2. The largest absolute Gasteiger partial charge is 0.342 e. The van der Waals surface area contributed by atoms with Crippen LogP contribution in [0, 0.1) is 11.3 Å². The Labute approximate surface area is 116 Å². The molecular weight excluding hydrogens is 248 g/mol. The number of aldehydes is 1.